The van der Waals surface area contributed by atoms with E-state index in [1.165, 1.54) is 5.56 Å². The second-order valence-electron chi connectivity index (χ2n) is 7.48. The number of benzene rings is 3. The van der Waals surface area contributed by atoms with Gasteiger partial charge >= 0.3 is 5.97 Å². The minimum atomic E-state index is -0.887. The third-order valence-corrected chi connectivity index (χ3v) is 5.79. The third-order valence-electron chi connectivity index (χ3n) is 5.07. The molecule has 0 saturated heterocycles. The first kappa shape index (κ1) is 22.0. The predicted molar refractivity (Wildman–Crippen MR) is 134 cm³/mol. The largest absolute Gasteiger partial charge is 0.449 e. The Hall–Kier alpha value is -3.20. The number of hydrogen-bond donors (Lipinski definition) is 2. The van der Waals surface area contributed by atoms with Crippen molar-refractivity contribution in [1.82, 2.24) is 9.97 Å². The topological polar surface area (TPSA) is 84.1 Å². The molecule has 6 nitrogen and oxygen atoms in total. The predicted octanol–water partition coefficient (Wildman–Crippen LogP) is 5.72. The van der Waals surface area contributed by atoms with Crippen LogP contribution < -0.4 is 5.32 Å². The summed E-state index contributed by atoms with van der Waals surface area (Å²) in [6, 6.07) is 20.6. The first-order chi connectivity index (χ1) is 15.4. The van der Waals surface area contributed by atoms with E-state index in [2.05, 4.69) is 37.9 Å². The molecule has 1 unspecified atom stereocenters. The highest BCUT2D eigenvalue weighted by Crippen LogP contribution is 2.22. The number of imidazole rings is 1. The zero-order valence-corrected chi connectivity index (χ0v) is 19.8. The fraction of sp³-hybridized carbons (Fsp3) is 0.160. The molecule has 1 heterocycles. The third kappa shape index (κ3) is 4.99. The molecule has 0 aliphatic heterocycles. The van der Waals surface area contributed by atoms with E-state index in [1.807, 2.05) is 55.5 Å². The summed E-state index contributed by atoms with van der Waals surface area (Å²) in [5, 5.41) is 2.80. The summed E-state index contributed by atoms with van der Waals surface area (Å²) in [7, 11) is 0. The van der Waals surface area contributed by atoms with Gasteiger partial charge in [0.2, 0.25) is 0 Å². The van der Waals surface area contributed by atoms with E-state index >= 15 is 0 Å². The van der Waals surface area contributed by atoms with Gasteiger partial charge in [-0.25, -0.2) is 9.78 Å². The molecule has 3 aromatic carbocycles. The van der Waals surface area contributed by atoms with Gasteiger partial charge in [0.05, 0.1) is 16.6 Å². The average molecular weight is 539 g/mol. The molecule has 32 heavy (non-hydrogen) atoms. The smallest absolute Gasteiger partial charge is 0.338 e. The molecule has 4 rings (SSSR count). The summed E-state index contributed by atoms with van der Waals surface area (Å²) in [6.45, 7) is 3.84. The molecule has 0 aliphatic rings. The van der Waals surface area contributed by atoms with E-state index in [9.17, 15) is 9.59 Å². The summed E-state index contributed by atoms with van der Waals surface area (Å²) < 4.78 is 6.58. The summed E-state index contributed by atoms with van der Waals surface area (Å²) >= 11 is 2.20. The molecule has 1 atom stereocenters. The van der Waals surface area contributed by atoms with Crippen LogP contribution in [0.3, 0.4) is 0 Å². The Morgan fingerprint density at radius 3 is 2.47 bits per heavy atom. The van der Waals surface area contributed by atoms with Gasteiger partial charge in [-0.1, -0.05) is 36.8 Å². The molecule has 0 spiro atoms. The summed E-state index contributed by atoms with van der Waals surface area (Å²) in [5.74, 6) is -0.178. The molecule has 0 aliphatic carbocycles. The monoisotopic (exact) mass is 539 g/mol. The maximum absolute atomic E-state index is 12.7. The van der Waals surface area contributed by atoms with Gasteiger partial charge in [0.25, 0.3) is 5.91 Å². The van der Waals surface area contributed by atoms with Gasteiger partial charge in [-0.05, 0) is 78.4 Å². The average Bonchev–Trinajstić information content (AvgIpc) is 3.22. The molecular formula is C25H22IN3O3. The lowest BCUT2D eigenvalue weighted by molar-refractivity contribution is -0.124. The van der Waals surface area contributed by atoms with E-state index in [0.29, 0.717) is 17.7 Å². The molecule has 1 amide bonds. The van der Waals surface area contributed by atoms with Crippen molar-refractivity contribution in [2.45, 2.75) is 26.4 Å². The fourth-order valence-corrected chi connectivity index (χ4v) is 3.62. The van der Waals surface area contributed by atoms with Gasteiger partial charge in [-0.2, -0.15) is 0 Å². The number of carbonyl (C=O) groups excluding carboxylic acids is 2. The van der Waals surface area contributed by atoms with Crippen LogP contribution >= 0.6 is 22.6 Å². The Morgan fingerprint density at radius 1 is 1.06 bits per heavy atom. The normalized spacial score (nSPS) is 11.8. The number of nitrogens with zero attached hydrogens (tertiary/aromatic N) is 1. The van der Waals surface area contributed by atoms with Crippen LogP contribution in [-0.2, 0) is 9.53 Å². The number of carbonyl (C=O) groups is 2. The number of aromatic nitrogens is 2. The van der Waals surface area contributed by atoms with Gasteiger partial charge in [0.15, 0.2) is 6.10 Å². The van der Waals surface area contributed by atoms with E-state index in [1.54, 1.807) is 25.1 Å². The molecule has 7 heteroatoms. The van der Waals surface area contributed by atoms with Crippen molar-refractivity contribution in [3.8, 4) is 11.4 Å². The lowest BCUT2D eigenvalue weighted by Crippen LogP contribution is -2.32. The first-order valence-electron chi connectivity index (χ1n) is 10.3. The number of halogens is 1. The van der Waals surface area contributed by atoms with Gasteiger partial charge in [0.1, 0.15) is 5.82 Å². The van der Waals surface area contributed by atoms with Crippen LogP contribution in [0.4, 0.5) is 5.69 Å². The van der Waals surface area contributed by atoms with Crippen molar-refractivity contribution >= 4 is 51.2 Å². The molecule has 2 N–H and O–H groups in total. The zero-order valence-electron chi connectivity index (χ0n) is 17.7. The molecule has 1 aromatic heterocycles. The standard InChI is InChI=1S/C25H22IN3O3/c1-3-22(24(30)27-19-11-9-18(26)10-12-19)32-25(31)17-8-13-20-21(14-17)29-23(28-20)16-6-4-15(2)5-7-16/h4-14,22H,3H2,1-2H3,(H,27,30)(H,28,29). The van der Waals surface area contributed by atoms with E-state index < -0.39 is 12.1 Å². The Kier molecular flexibility index (Phi) is 6.55. The Morgan fingerprint density at radius 2 is 1.78 bits per heavy atom. The number of anilines is 1. The maximum atomic E-state index is 12.7. The van der Waals surface area contributed by atoms with Gasteiger partial charge in [-0.3, -0.25) is 4.79 Å². The lowest BCUT2D eigenvalue weighted by Gasteiger charge is -2.16. The van der Waals surface area contributed by atoms with Crippen LogP contribution in [0.15, 0.2) is 66.7 Å². The van der Waals surface area contributed by atoms with Crippen LogP contribution in [0.1, 0.15) is 29.3 Å². The van der Waals surface area contributed by atoms with Crippen molar-refractivity contribution in [2.75, 3.05) is 5.32 Å². The van der Waals surface area contributed by atoms with Crippen LogP contribution in [0.25, 0.3) is 22.4 Å². The number of H-pyrrole nitrogens is 1. The quantitative estimate of drug-likeness (QED) is 0.243. The van der Waals surface area contributed by atoms with Gasteiger partial charge in [0, 0.05) is 14.8 Å². The minimum absolute atomic E-state index is 0.355. The van der Waals surface area contributed by atoms with Crippen molar-refractivity contribution in [1.29, 1.82) is 0 Å². The van der Waals surface area contributed by atoms with E-state index in [0.717, 1.165) is 26.0 Å². The molecule has 4 aromatic rings. The zero-order chi connectivity index (χ0) is 22.7. The molecule has 0 bridgehead atoms. The number of esters is 1. The number of nitrogens with one attached hydrogen (secondary N) is 2. The highest BCUT2D eigenvalue weighted by molar-refractivity contribution is 14.1. The van der Waals surface area contributed by atoms with E-state index in [4.69, 9.17) is 4.74 Å². The van der Waals surface area contributed by atoms with Crippen LogP contribution in [0.5, 0.6) is 0 Å². The number of amides is 1. The highest BCUT2D eigenvalue weighted by Gasteiger charge is 2.22. The van der Waals surface area contributed by atoms with Crippen molar-refractivity contribution in [3.05, 3.63) is 81.4 Å². The van der Waals surface area contributed by atoms with Crippen molar-refractivity contribution < 1.29 is 14.3 Å². The molecule has 162 valence electrons. The number of fused-ring (bicyclic) bond motifs is 1. The van der Waals surface area contributed by atoms with Gasteiger partial charge < -0.3 is 15.0 Å². The fourth-order valence-electron chi connectivity index (χ4n) is 3.26. The van der Waals surface area contributed by atoms with Crippen LogP contribution in [-0.4, -0.2) is 27.9 Å². The number of aryl methyl sites for hydroxylation is 1. The first-order valence-corrected chi connectivity index (χ1v) is 11.3. The number of ether oxygens (including phenoxy) is 1. The number of hydrogen-bond acceptors (Lipinski definition) is 4. The second-order valence-corrected chi connectivity index (χ2v) is 8.73. The van der Waals surface area contributed by atoms with Gasteiger partial charge in [-0.15, -0.1) is 0 Å². The van der Waals surface area contributed by atoms with Crippen LogP contribution in [0.2, 0.25) is 0 Å². The summed E-state index contributed by atoms with van der Waals surface area (Å²) in [6.07, 6.45) is -0.520. The SMILES string of the molecule is CCC(OC(=O)c1ccc2nc(-c3ccc(C)cc3)[nH]c2c1)C(=O)Nc1ccc(I)cc1. The summed E-state index contributed by atoms with van der Waals surface area (Å²) in [4.78, 5) is 33.2. The van der Waals surface area contributed by atoms with E-state index in [-0.39, 0.29) is 5.91 Å². The Balaban J connectivity index is 1.48. The van der Waals surface area contributed by atoms with Crippen molar-refractivity contribution in [3.63, 3.8) is 0 Å². The Labute approximate surface area is 199 Å². The lowest BCUT2D eigenvalue weighted by atomic mass is 10.1. The molecule has 0 radical (unpaired) electrons. The maximum Gasteiger partial charge on any atom is 0.338 e. The van der Waals surface area contributed by atoms with Crippen molar-refractivity contribution in [2.24, 2.45) is 0 Å². The molecular weight excluding hydrogens is 517 g/mol. The summed E-state index contributed by atoms with van der Waals surface area (Å²) in [5.41, 5.74) is 4.64. The molecule has 0 saturated carbocycles. The second kappa shape index (κ2) is 9.52. The number of aromatic amines is 1. The highest BCUT2D eigenvalue weighted by atomic mass is 127. The number of rotatable bonds is 6. The minimum Gasteiger partial charge on any atom is -0.449 e. The Bertz CT molecular complexity index is 1260. The van der Waals surface area contributed by atoms with Crippen LogP contribution in [0, 0.1) is 10.5 Å². The molecule has 0 fully saturated rings.